The Morgan fingerprint density at radius 3 is 2.27 bits per heavy atom. The maximum absolute atomic E-state index is 12.1. The molecule has 0 unspecified atom stereocenters. The van der Waals surface area contributed by atoms with E-state index in [9.17, 15) is 9.59 Å². The third-order valence-corrected chi connectivity index (χ3v) is 5.11. The van der Waals surface area contributed by atoms with Crippen molar-refractivity contribution in [3.05, 3.63) is 89.5 Å². The van der Waals surface area contributed by atoms with Gasteiger partial charge in [-0.05, 0) is 46.5 Å². The van der Waals surface area contributed by atoms with Crippen LogP contribution < -0.4 is 9.47 Å². The summed E-state index contributed by atoms with van der Waals surface area (Å²) in [5.41, 5.74) is 2.18. The molecule has 0 atom stereocenters. The van der Waals surface area contributed by atoms with Crippen LogP contribution >= 0.6 is 0 Å². The summed E-state index contributed by atoms with van der Waals surface area (Å²) in [6.45, 7) is 4.17. The van der Waals surface area contributed by atoms with E-state index in [1.54, 1.807) is 12.1 Å². The van der Waals surface area contributed by atoms with Crippen molar-refractivity contribution in [2.45, 2.75) is 13.0 Å². The van der Waals surface area contributed by atoms with E-state index in [1.165, 1.54) is 27.4 Å². The van der Waals surface area contributed by atoms with Gasteiger partial charge in [-0.25, -0.2) is 9.59 Å². The molecular formula is C27H26O6. The molecule has 0 bridgehead atoms. The monoisotopic (exact) mass is 446 g/mol. The molecule has 0 saturated heterocycles. The highest BCUT2D eigenvalue weighted by Gasteiger charge is 2.21. The molecule has 6 nitrogen and oxygen atoms in total. The fraction of sp³-hybridized carbons (Fsp3) is 0.185. The van der Waals surface area contributed by atoms with E-state index >= 15 is 0 Å². The molecular weight excluding hydrogens is 420 g/mol. The normalized spacial score (nSPS) is 10.3. The lowest BCUT2D eigenvalue weighted by atomic mass is 10.0. The summed E-state index contributed by atoms with van der Waals surface area (Å²) in [4.78, 5) is 24.1. The molecule has 0 N–H and O–H groups in total. The van der Waals surface area contributed by atoms with Crippen LogP contribution in [0.15, 0.2) is 72.8 Å². The Kier molecular flexibility index (Phi) is 7.86. The van der Waals surface area contributed by atoms with E-state index in [-0.39, 0.29) is 5.57 Å². The topological polar surface area (TPSA) is 71.1 Å². The summed E-state index contributed by atoms with van der Waals surface area (Å²) in [5, 5.41) is 2.25. The van der Waals surface area contributed by atoms with Crippen molar-refractivity contribution in [2.75, 3.05) is 21.3 Å². The minimum absolute atomic E-state index is 0.226. The fourth-order valence-electron chi connectivity index (χ4n) is 3.55. The first-order chi connectivity index (χ1) is 16.0. The largest absolute Gasteiger partial charge is 0.493 e. The van der Waals surface area contributed by atoms with E-state index in [4.69, 9.17) is 18.9 Å². The second-order valence-electron chi connectivity index (χ2n) is 7.17. The smallest absolute Gasteiger partial charge is 0.345 e. The lowest BCUT2D eigenvalue weighted by Gasteiger charge is -2.17. The third-order valence-electron chi connectivity index (χ3n) is 5.11. The van der Waals surface area contributed by atoms with Crippen molar-refractivity contribution in [1.82, 2.24) is 0 Å². The maximum Gasteiger partial charge on any atom is 0.345 e. The van der Waals surface area contributed by atoms with E-state index < -0.39 is 11.9 Å². The Bertz CT molecular complexity index is 1190. The van der Waals surface area contributed by atoms with Crippen molar-refractivity contribution >= 4 is 28.8 Å². The number of carbonyl (C=O) groups is 2. The Hall–Kier alpha value is -4.06. The van der Waals surface area contributed by atoms with Gasteiger partial charge in [-0.1, -0.05) is 48.5 Å². The molecule has 0 aliphatic heterocycles. The predicted octanol–water partition coefficient (Wildman–Crippen LogP) is 4.89. The summed E-state index contributed by atoms with van der Waals surface area (Å²) in [6.07, 6.45) is 3.64. The Balaban J connectivity index is 2.01. The second kappa shape index (κ2) is 11.0. The first-order valence-corrected chi connectivity index (χ1v) is 10.3. The van der Waals surface area contributed by atoms with Gasteiger partial charge in [0.25, 0.3) is 0 Å². The summed E-state index contributed by atoms with van der Waals surface area (Å²) in [6, 6.07) is 17.7. The van der Waals surface area contributed by atoms with E-state index in [1.807, 2.05) is 30.3 Å². The molecule has 0 heterocycles. The number of ether oxygens (including phenoxy) is 4. The highest BCUT2D eigenvalue weighted by Crippen LogP contribution is 2.35. The van der Waals surface area contributed by atoms with Crippen LogP contribution in [0.4, 0.5) is 0 Å². The lowest BCUT2D eigenvalue weighted by molar-refractivity contribution is -0.143. The molecule has 33 heavy (non-hydrogen) atoms. The number of methoxy groups -OCH3 is 3. The van der Waals surface area contributed by atoms with Gasteiger partial charge in [0.1, 0.15) is 12.2 Å². The zero-order valence-electron chi connectivity index (χ0n) is 18.9. The molecule has 0 amide bonds. The molecule has 0 fully saturated rings. The van der Waals surface area contributed by atoms with Crippen molar-refractivity contribution in [3.63, 3.8) is 0 Å². The van der Waals surface area contributed by atoms with Crippen LogP contribution in [0.25, 0.3) is 16.8 Å². The third kappa shape index (κ3) is 5.41. The number of benzene rings is 3. The minimum atomic E-state index is -0.789. The van der Waals surface area contributed by atoms with Gasteiger partial charge in [0.15, 0.2) is 11.5 Å². The van der Waals surface area contributed by atoms with Gasteiger partial charge in [0, 0.05) is 5.56 Å². The molecule has 0 radical (unpaired) electrons. The number of hydrogen-bond donors (Lipinski definition) is 0. The van der Waals surface area contributed by atoms with Gasteiger partial charge in [-0.2, -0.15) is 0 Å². The number of fused-ring (bicyclic) bond motifs is 1. The Morgan fingerprint density at radius 1 is 0.909 bits per heavy atom. The van der Waals surface area contributed by atoms with Crippen molar-refractivity contribution in [1.29, 1.82) is 0 Å². The molecule has 6 heteroatoms. The van der Waals surface area contributed by atoms with E-state index in [0.29, 0.717) is 30.1 Å². The summed E-state index contributed by atoms with van der Waals surface area (Å²) in [7, 11) is 3.94. The van der Waals surface area contributed by atoms with Crippen LogP contribution in [0.1, 0.15) is 16.7 Å². The number of esters is 2. The van der Waals surface area contributed by atoms with Crippen LogP contribution in [0.3, 0.4) is 0 Å². The van der Waals surface area contributed by atoms with E-state index in [2.05, 4.69) is 24.8 Å². The molecule has 0 aromatic heterocycles. The molecule has 3 aromatic carbocycles. The standard InChI is InChI=1S/C27H26O6/c1-5-9-20-14-18(15-23(26(28)31-3)27(29)32-4)16-24(30-2)25(20)33-17-21-12-8-11-19-10-6-7-13-22(19)21/h5-8,10-16H,1,9,17H2,2-4H3. The second-order valence-corrected chi connectivity index (χ2v) is 7.17. The van der Waals surface area contributed by atoms with Gasteiger partial charge in [0.2, 0.25) is 0 Å². The van der Waals surface area contributed by atoms with Crippen LogP contribution in [0.5, 0.6) is 11.5 Å². The quantitative estimate of drug-likeness (QED) is 0.153. The number of carbonyl (C=O) groups excluding carboxylic acids is 2. The zero-order valence-corrected chi connectivity index (χ0v) is 18.9. The summed E-state index contributed by atoms with van der Waals surface area (Å²) < 4.78 is 21.2. The minimum Gasteiger partial charge on any atom is -0.493 e. The zero-order chi connectivity index (χ0) is 23.8. The van der Waals surface area contributed by atoms with Gasteiger partial charge in [-0.3, -0.25) is 0 Å². The molecule has 0 aliphatic carbocycles. The Morgan fingerprint density at radius 2 is 1.61 bits per heavy atom. The maximum atomic E-state index is 12.1. The first kappa shape index (κ1) is 23.6. The highest BCUT2D eigenvalue weighted by molar-refractivity contribution is 6.17. The number of allylic oxidation sites excluding steroid dienone is 1. The first-order valence-electron chi connectivity index (χ1n) is 10.3. The number of rotatable bonds is 9. The molecule has 170 valence electrons. The van der Waals surface area contributed by atoms with Crippen LogP contribution in [0.2, 0.25) is 0 Å². The SMILES string of the molecule is C=CCc1cc(C=C(C(=O)OC)C(=O)OC)cc(OC)c1OCc1cccc2ccccc12. The van der Waals surface area contributed by atoms with Crippen LogP contribution in [-0.2, 0) is 32.1 Å². The van der Waals surface area contributed by atoms with Gasteiger partial charge in [-0.15, -0.1) is 6.58 Å². The summed E-state index contributed by atoms with van der Waals surface area (Å²) >= 11 is 0. The van der Waals surface area contributed by atoms with Crippen LogP contribution in [-0.4, -0.2) is 33.3 Å². The lowest BCUT2D eigenvalue weighted by Crippen LogP contribution is -2.15. The average Bonchev–Trinajstić information content (AvgIpc) is 2.85. The number of hydrogen-bond acceptors (Lipinski definition) is 6. The van der Waals surface area contributed by atoms with Crippen LogP contribution in [0, 0.1) is 0 Å². The van der Waals surface area contributed by atoms with Gasteiger partial charge < -0.3 is 18.9 Å². The van der Waals surface area contributed by atoms with Gasteiger partial charge in [0.05, 0.1) is 21.3 Å². The van der Waals surface area contributed by atoms with Crippen molar-refractivity contribution < 1.29 is 28.5 Å². The predicted molar refractivity (Wildman–Crippen MR) is 127 cm³/mol. The van der Waals surface area contributed by atoms with Gasteiger partial charge >= 0.3 is 11.9 Å². The Labute approximate surface area is 193 Å². The van der Waals surface area contributed by atoms with Crippen molar-refractivity contribution in [3.8, 4) is 11.5 Å². The van der Waals surface area contributed by atoms with Crippen molar-refractivity contribution in [2.24, 2.45) is 0 Å². The molecule has 0 saturated carbocycles. The molecule has 3 aromatic rings. The molecule has 0 aliphatic rings. The fourth-order valence-corrected chi connectivity index (χ4v) is 3.55. The molecule has 3 rings (SSSR count). The van der Waals surface area contributed by atoms with E-state index in [0.717, 1.165) is 21.9 Å². The average molecular weight is 446 g/mol. The highest BCUT2D eigenvalue weighted by atomic mass is 16.5. The molecule has 0 spiro atoms. The summed E-state index contributed by atoms with van der Waals surface area (Å²) in [5.74, 6) is -0.542.